The molecule has 0 atom stereocenters. The van der Waals surface area contributed by atoms with Gasteiger partial charge in [-0.25, -0.2) is 8.42 Å². The normalized spacial score (nSPS) is 11.2. The van der Waals surface area contributed by atoms with E-state index in [0.717, 1.165) is 11.8 Å². The molecule has 1 aromatic carbocycles. The van der Waals surface area contributed by atoms with E-state index in [0.29, 0.717) is 5.69 Å². The lowest BCUT2D eigenvalue weighted by Crippen LogP contribution is -2.10. The predicted octanol–water partition coefficient (Wildman–Crippen LogP) is 1.17. The molecule has 0 saturated carbocycles. The Morgan fingerprint density at radius 3 is 2.67 bits per heavy atom. The number of hydrogen-bond acceptors (Lipinski definition) is 2. The molecule has 0 aliphatic carbocycles. The number of aryl methyl sites for hydroxylation is 1. The Morgan fingerprint density at radius 2 is 2.17 bits per heavy atom. The maximum absolute atomic E-state index is 10.8. The summed E-state index contributed by atoms with van der Waals surface area (Å²) in [5.74, 6) is 0. The van der Waals surface area contributed by atoms with Gasteiger partial charge < -0.3 is 0 Å². The van der Waals surface area contributed by atoms with Gasteiger partial charge in [0.25, 0.3) is 0 Å². The molecule has 0 amide bonds. The molecular formula is C8H10NO2S. The van der Waals surface area contributed by atoms with E-state index in [1.807, 2.05) is 6.92 Å². The third kappa shape index (κ3) is 2.54. The van der Waals surface area contributed by atoms with Crippen LogP contribution in [0.3, 0.4) is 0 Å². The first-order valence-corrected chi connectivity index (χ1v) is 5.33. The molecule has 0 saturated heterocycles. The molecule has 65 valence electrons. The fourth-order valence-corrected chi connectivity index (χ4v) is 1.44. The number of nitrogens with one attached hydrogen (secondary N) is 1. The van der Waals surface area contributed by atoms with E-state index >= 15 is 0 Å². The molecular weight excluding hydrogens is 174 g/mol. The fourth-order valence-electron chi connectivity index (χ4n) is 0.818. The van der Waals surface area contributed by atoms with Crippen LogP contribution in [0, 0.1) is 13.0 Å². The van der Waals surface area contributed by atoms with Crippen molar-refractivity contribution in [2.24, 2.45) is 0 Å². The first-order chi connectivity index (χ1) is 5.49. The summed E-state index contributed by atoms with van der Waals surface area (Å²) < 4.78 is 24.0. The molecule has 0 aromatic heterocycles. The van der Waals surface area contributed by atoms with E-state index in [9.17, 15) is 8.42 Å². The van der Waals surface area contributed by atoms with E-state index in [1.54, 1.807) is 18.2 Å². The molecule has 1 aromatic rings. The van der Waals surface area contributed by atoms with E-state index in [2.05, 4.69) is 10.8 Å². The smallest absolute Gasteiger partial charge is 0.229 e. The Morgan fingerprint density at radius 1 is 1.50 bits per heavy atom. The van der Waals surface area contributed by atoms with Crippen LogP contribution in [-0.2, 0) is 10.0 Å². The molecule has 12 heavy (non-hydrogen) atoms. The highest BCUT2D eigenvalue weighted by atomic mass is 32.2. The molecule has 4 heteroatoms. The monoisotopic (exact) mass is 184 g/mol. The van der Waals surface area contributed by atoms with Crippen molar-refractivity contribution in [3.63, 3.8) is 0 Å². The second-order valence-electron chi connectivity index (χ2n) is 2.62. The number of rotatable bonds is 2. The summed E-state index contributed by atoms with van der Waals surface area (Å²) in [4.78, 5) is 0. The minimum absolute atomic E-state index is 0.583. The Kier molecular flexibility index (Phi) is 2.38. The van der Waals surface area contributed by atoms with Gasteiger partial charge >= 0.3 is 0 Å². The molecule has 0 aliphatic rings. The molecule has 0 spiro atoms. The molecule has 1 rings (SSSR count). The summed E-state index contributed by atoms with van der Waals surface area (Å²) in [5.41, 5.74) is 1.47. The largest absolute Gasteiger partial charge is 0.283 e. The van der Waals surface area contributed by atoms with Gasteiger partial charge in [-0.1, -0.05) is 12.1 Å². The summed E-state index contributed by atoms with van der Waals surface area (Å²) in [7, 11) is -3.17. The molecule has 0 unspecified atom stereocenters. The van der Waals surface area contributed by atoms with E-state index in [4.69, 9.17) is 0 Å². The van der Waals surface area contributed by atoms with Gasteiger partial charge in [-0.3, -0.25) is 4.72 Å². The zero-order valence-corrected chi connectivity index (χ0v) is 7.77. The Hall–Kier alpha value is -1.03. The second kappa shape index (κ2) is 3.15. The van der Waals surface area contributed by atoms with Crippen LogP contribution in [0.4, 0.5) is 5.69 Å². The third-order valence-corrected chi connectivity index (χ3v) is 1.97. The standard InChI is InChI=1S/C8H10NO2S/c1-7-5-3-4-6-8(7)9-12(2,10)11/h3,5-6,9H,1-2H3. The van der Waals surface area contributed by atoms with Crippen molar-refractivity contribution in [3.8, 4) is 0 Å². The van der Waals surface area contributed by atoms with Crippen LogP contribution >= 0.6 is 0 Å². The average Bonchev–Trinajstić information content (AvgIpc) is 1.91. The van der Waals surface area contributed by atoms with Gasteiger partial charge in [0.1, 0.15) is 0 Å². The Balaban J connectivity index is 2.98. The Labute approximate surface area is 72.5 Å². The van der Waals surface area contributed by atoms with Crippen molar-refractivity contribution in [1.29, 1.82) is 0 Å². The van der Waals surface area contributed by atoms with Crippen molar-refractivity contribution in [2.45, 2.75) is 6.92 Å². The lowest BCUT2D eigenvalue weighted by Gasteiger charge is -2.05. The summed E-state index contributed by atoms with van der Waals surface area (Å²) in [6.07, 6.45) is 1.12. The van der Waals surface area contributed by atoms with Gasteiger partial charge in [0, 0.05) is 0 Å². The molecule has 0 aliphatic heterocycles. The van der Waals surface area contributed by atoms with Crippen molar-refractivity contribution in [3.05, 3.63) is 29.8 Å². The minimum Gasteiger partial charge on any atom is -0.283 e. The molecule has 0 fully saturated rings. The number of benzene rings is 1. The number of hydrogen-bond donors (Lipinski definition) is 1. The Bertz CT molecular complexity index is 370. The maximum atomic E-state index is 10.8. The molecule has 1 radical (unpaired) electrons. The summed E-state index contributed by atoms with van der Waals surface area (Å²) in [5, 5.41) is 0. The molecule has 0 bridgehead atoms. The van der Waals surface area contributed by atoms with E-state index in [-0.39, 0.29) is 0 Å². The molecule has 1 N–H and O–H groups in total. The van der Waals surface area contributed by atoms with Crippen molar-refractivity contribution in [1.82, 2.24) is 0 Å². The summed E-state index contributed by atoms with van der Waals surface area (Å²) >= 11 is 0. The van der Waals surface area contributed by atoms with Gasteiger partial charge in [0.2, 0.25) is 10.0 Å². The lowest BCUT2D eigenvalue weighted by atomic mass is 10.2. The maximum Gasteiger partial charge on any atom is 0.229 e. The average molecular weight is 184 g/mol. The molecule has 0 heterocycles. The second-order valence-corrected chi connectivity index (χ2v) is 4.36. The van der Waals surface area contributed by atoms with Gasteiger partial charge in [-0.05, 0) is 24.6 Å². The third-order valence-electron chi connectivity index (χ3n) is 1.38. The van der Waals surface area contributed by atoms with Gasteiger partial charge in [-0.15, -0.1) is 0 Å². The lowest BCUT2D eigenvalue weighted by molar-refractivity contribution is 0.607. The summed E-state index contributed by atoms with van der Waals surface area (Å²) in [6.45, 7) is 1.83. The van der Waals surface area contributed by atoms with Gasteiger partial charge in [-0.2, -0.15) is 0 Å². The van der Waals surface area contributed by atoms with Crippen LogP contribution in [0.5, 0.6) is 0 Å². The van der Waals surface area contributed by atoms with E-state index in [1.165, 1.54) is 0 Å². The predicted molar refractivity (Wildman–Crippen MR) is 48.5 cm³/mol. The summed E-state index contributed by atoms with van der Waals surface area (Å²) in [6, 6.07) is 7.94. The highest BCUT2D eigenvalue weighted by Gasteiger charge is 2.02. The van der Waals surface area contributed by atoms with Crippen molar-refractivity contribution >= 4 is 15.7 Å². The quantitative estimate of drug-likeness (QED) is 0.749. The first-order valence-electron chi connectivity index (χ1n) is 3.43. The molecule has 3 nitrogen and oxygen atoms in total. The van der Waals surface area contributed by atoms with Crippen LogP contribution in [0.15, 0.2) is 18.2 Å². The van der Waals surface area contributed by atoms with Crippen LogP contribution in [0.1, 0.15) is 5.56 Å². The van der Waals surface area contributed by atoms with E-state index < -0.39 is 10.0 Å². The fraction of sp³-hybridized carbons (Fsp3) is 0.250. The SMILES string of the molecule is Cc1cc[c]cc1NS(C)(=O)=O. The zero-order chi connectivity index (χ0) is 9.19. The zero-order valence-electron chi connectivity index (χ0n) is 6.96. The van der Waals surface area contributed by atoms with Crippen LogP contribution in [0.2, 0.25) is 0 Å². The van der Waals surface area contributed by atoms with Crippen LogP contribution < -0.4 is 4.72 Å². The number of sulfonamides is 1. The van der Waals surface area contributed by atoms with Crippen LogP contribution in [0.25, 0.3) is 0 Å². The van der Waals surface area contributed by atoms with Crippen molar-refractivity contribution < 1.29 is 8.42 Å². The first kappa shape index (κ1) is 9.06. The van der Waals surface area contributed by atoms with Crippen molar-refractivity contribution in [2.75, 3.05) is 11.0 Å². The van der Waals surface area contributed by atoms with Gasteiger partial charge in [0.15, 0.2) is 0 Å². The van der Waals surface area contributed by atoms with Gasteiger partial charge in [0.05, 0.1) is 11.9 Å². The highest BCUT2D eigenvalue weighted by molar-refractivity contribution is 7.92. The minimum atomic E-state index is -3.17. The highest BCUT2D eigenvalue weighted by Crippen LogP contribution is 2.13. The number of anilines is 1. The van der Waals surface area contributed by atoms with Crippen LogP contribution in [-0.4, -0.2) is 14.7 Å². The topological polar surface area (TPSA) is 46.2 Å².